The summed E-state index contributed by atoms with van der Waals surface area (Å²) in [5.74, 6) is 0.621. The summed E-state index contributed by atoms with van der Waals surface area (Å²) in [4.78, 5) is 11.6. The van der Waals surface area contributed by atoms with Crippen molar-refractivity contribution in [3.8, 4) is 0 Å². The van der Waals surface area contributed by atoms with Crippen LogP contribution in [0.4, 0.5) is 5.69 Å². The summed E-state index contributed by atoms with van der Waals surface area (Å²) in [5, 5.41) is 2.82. The maximum absolute atomic E-state index is 11.6. The topological polar surface area (TPSA) is 55.1 Å². The van der Waals surface area contributed by atoms with Gasteiger partial charge < -0.3 is 11.1 Å². The van der Waals surface area contributed by atoms with Crippen LogP contribution in [0.3, 0.4) is 0 Å². The number of carbonyl (C=O) groups excluding carboxylic acids is 1. The van der Waals surface area contributed by atoms with E-state index in [1.165, 1.54) is 5.56 Å². The number of hydrogen-bond donors (Lipinski definition) is 2. The molecule has 1 aromatic rings. The van der Waals surface area contributed by atoms with Crippen molar-refractivity contribution in [2.24, 2.45) is 5.92 Å². The normalized spacial score (nSPS) is 22.5. The Morgan fingerprint density at radius 2 is 2.19 bits per heavy atom. The van der Waals surface area contributed by atoms with Crippen LogP contribution in [0.15, 0.2) is 36.9 Å². The molecule has 0 heterocycles. The third-order valence-corrected chi connectivity index (χ3v) is 2.91. The Balaban J connectivity index is 1.93. The third-order valence-electron chi connectivity index (χ3n) is 2.91. The molecule has 0 aliphatic heterocycles. The van der Waals surface area contributed by atoms with Crippen molar-refractivity contribution >= 4 is 11.6 Å². The van der Waals surface area contributed by atoms with E-state index in [-0.39, 0.29) is 11.8 Å². The zero-order valence-corrected chi connectivity index (χ0v) is 9.15. The standard InChI is InChI=1S/C13H16N2O/c1-2-7-15-13(16)12-8-11(12)9-3-5-10(14)6-4-9/h2-6,11-12H,1,7-8,14H2,(H,15,16). The molecule has 3 heteroatoms. The first kappa shape index (κ1) is 10.7. The Morgan fingerprint density at radius 3 is 2.81 bits per heavy atom. The molecule has 1 saturated carbocycles. The lowest BCUT2D eigenvalue weighted by Crippen LogP contribution is -2.25. The van der Waals surface area contributed by atoms with Gasteiger partial charge in [-0.15, -0.1) is 6.58 Å². The SMILES string of the molecule is C=CCNC(=O)C1CC1c1ccc(N)cc1. The van der Waals surface area contributed by atoms with E-state index in [2.05, 4.69) is 11.9 Å². The summed E-state index contributed by atoms with van der Waals surface area (Å²) in [6.45, 7) is 4.12. The second kappa shape index (κ2) is 4.39. The molecule has 1 aromatic carbocycles. The summed E-state index contributed by atoms with van der Waals surface area (Å²) in [7, 11) is 0. The Hall–Kier alpha value is -1.77. The van der Waals surface area contributed by atoms with Crippen molar-refractivity contribution in [3.05, 3.63) is 42.5 Å². The average molecular weight is 216 g/mol. The minimum absolute atomic E-state index is 0.127. The van der Waals surface area contributed by atoms with Crippen molar-refractivity contribution in [2.45, 2.75) is 12.3 Å². The molecule has 0 saturated heterocycles. The molecule has 84 valence electrons. The highest BCUT2D eigenvalue weighted by Crippen LogP contribution is 2.47. The molecule has 0 bridgehead atoms. The number of rotatable bonds is 4. The Labute approximate surface area is 95.3 Å². The Kier molecular flexibility index (Phi) is 2.95. The predicted molar refractivity (Wildman–Crippen MR) is 64.9 cm³/mol. The summed E-state index contributed by atoms with van der Waals surface area (Å²) >= 11 is 0. The molecule has 3 N–H and O–H groups in total. The minimum Gasteiger partial charge on any atom is -0.399 e. The molecule has 0 spiro atoms. The number of nitrogens with two attached hydrogens (primary N) is 1. The van der Waals surface area contributed by atoms with Gasteiger partial charge in [0, 0.05) is 18.2 Å². The molecule has 2 atom stereocenters. The third kappa shape index (κ3) is 2.24. The largest absolute Gasteiger partial charge is 0.399 e. The van der Waals surface area contributed by atoms with E-state index in [9.17, 15) is 4.79 Å². The lowest BCUT2D eigenvalue weighted by Gasteiger charge is -2.02. The summed E-state index contributed by atoms with van der Waals surface area (Å²) in [6, 6.07) is 7.76. The van der Waals surface area contributed by atoms with Crippen LogP contribution >= 0.6 is 0 Å². The van der Waals surface area contributed by atoms with E-state index in [0.29, 0.717) is 12.5 Å². The maximum atomic E-state index is 11.6. The monoisotopic (exact) mass is 216 g/mol. The van der Waals surface area contributed by atoms with Gasteiger partial charge in [0.05, 0.1) is 0 Å². The van der Waals surface area contributed by atoms with Crippen LogP contribution in [0.1, 0.15) is 17.9 Å². The first-order chi connectivity index (χ1) is 7.72. The van der Waals surface area contributed by atoms with Gasteiger partial charge in [0.1, 0.15) is 0 Å². The van der Waals surface area contributed by atoms with Gasteiger partial charge in [-0.25, -0.2) is 0 Å². The second-order valence-electron chi connectivity index (χ2n) is 4.15. The van der Waals surface area contributed by atoms with Gasteiger partial charge in [0.15, 0.2) is 0 Å². The Morgan fingerprint density at radius 1 is 1.50 bits per heavy atom. The van der Waals surface area contributed by atoms with Crippen LogP contribution in [0.2, 0.25) is 0 Å². The lowest BCUT2D eigenvalue weighted by atomic mass is 10.1. The van der Waals surface area contributed by atoms with E-state index in [0.717, 1.165) is 12.1 Å². The van der Waals surface area contributed by atoms with E-state index in [4.69, 9.17) is 5.73 Å². The number of hydrogen-bond acceptors (Lipinski definition) is 2. The highest BCUT2D eigenvalue weighted by Gasteiger charge is 2.43. The number of amides is 1. The molecule has 1 fully saturated rings. The van der Waals surface area contributed by atoms with Gasteiger partial charge in [0.2, 0.25) is 5.91 Å². The second-order valence-corrected chi connectivity index (χ2v) is 4.15. The van der Waals surface area contributed by atoms with E-state index < -0.39 is 0 Å². The smallest absolute Gasteiger partial charge is 0.223 e. The van der Waals surface area contributed by atoms with Crippen LogP contribution in [0.25, 0.3) is 0 Å². The van der Waals surface area contributed by atoms with Crippen molar-refractivity contribution in [3.63, 3.8) is 0 Å². The first-order valence-electron chi connectivity index (χ1n) is 5.46. The summed E-state index contributed by atoms with van der Waals surface area (Å²) < 4.78 is 0. The molecule has 3 nitrogen and oxygen atoms in total. The number of nitrogen functional groups attached to an aromatic ring is 1. The molecule has 2 unspecified atom stereocenters. The average Bonchev–Trinajstić information content (AvgIpc) is 3.07. The van der Waals surface area contributed by atoms with Gasteiger partial charge in [-0.3, -0.25) is 4.79 Å². The Bertz CT molecular complexity index is 397. The summed E-state index contributed by atoms with van der Waals surface area (Å²) in [5.41, 5.74) is 7.58. The molecule has 2 rings (SSSR count). The number of anilines is 1. The van der Waals surface area contributed by atoms with E-state index >= 15 is 0 Å². The molecule has 1 amide bonds. The van der Waals surface area contributed by atoms with Crippen LogP contribution in [-0.2, 0) is 4.79 Å². The van der Waals surface area contributed by atoms with Gasteiger partial charge in [-0.2, -0.15) is 0 Å². The quantitative estimate of drug-likeness (QED) is 0.594. The molecule has 0 aromatic heterocycles. The lowest BCUT2D eigenvalue weighted by molar-refractivity contribution is -0.122. The fourth-order valence-corrected chi connectivity index (χ4v) is 1.90. The highest BCUT2D eigenvalue weighted by molar-refractivity contribution is 5.83. The van der Waals surface area contributed by atoms with E-state index in [1.807, 2.05) is 24.3 Å². The van der Waals surface area contributed by atoms with Crippen LogP contribution in [0, 0.1) is 5.92 Å². The molecule has 16 heavy (non-hydrogen) atoms. The van der Waals surface area contributed by atoms with Gasteiger partial charge in [-0.05, 0) is 30.0 Å². The molecular weight excluding hydrogens is 200 g/mol. The highest BCUT2D eigenvalue weighted by atomic mass is 16.2. The van der Waals surface area contributed by atoms with Crippen LogP contribution in [0.5, 0.6) is 0 Å². The van der Waals surface area contributed by atoms with Gasteiger partial charge in [-0.1, -0.05) is 18.2 Å². The number of benzene rings is 1. The fourth-order valence-electron chi connectivity index (χ4n) is 1.90. The van der Waals surface area contributed by atoms with Crippen LogP contribution in [-0.4, -0.2) is 12.5 Å². The maximum Gasteiger partial charge on any atom is 0.223 e. The fraction of sp³-hybridized carbons (Fsp3) is 0.308. The van der Waals surface area contributed by atoms with Crippen molar-refractivity contribution < 1.29 is 4.79 Å². The van der Waals surface area contributed by atoms with Gasteiger partial charge in [0.25, 0.3) is 0 Å². The minimum atomic E-state index is 0.127. The van der Waals surface area contributed by atoms with Crippen molar-refractivity contribution in [1.29, 1.82) is 0 Å². The first-order valence-corrected chi connectivity index (χ1v) is 5.46. The molecule has 1 aliphatic rings. The van der Waals surface area contributed by atoms with E-state index in [1.54, 1.807) is 6.08 Å². The molecule has 0 radical (unpaired) electrons. The zero-order chi connectivity index (χ0) is 11.5. The van der Waals surface area contributed by atoms with Crippen molar-refractivity contribution in [2.75, 3.05) is 12.3 Å². The van der Waals surface area contributed by atoms with Crippen LogP contribution < -0.4 is 11.1 Å². The predicted octanol–water partition coefficient (Wildman–Crippen LogP) is 1.67. The van der Waals surface area contributed by atoms with Crippen molar-refractivity contribution in [1.82, 2.24) is 5.32 Å². The summed E-state index contributed by atoms with van der Waals surface area (Å²) in [6.07, 6.45) is 2.63. The zero-order valence-electron chi connectivity index (χ0n) is 9.15. The molecular formula is C13H16N2O. The number of carbonyl (C=O) groups is 1. The number of nitrogens with one attached hydrogen (secondary N) is 1. The van der Waals surface area contributed by atoms with Gasteiger partial charge >= 0.3 is 0 Å². The molecule has 1 aliphatic carbocycles.